The van der Waals surface area contributed by atoms with E-state index in [0.29, 0.717) is 22.8 Å². The van der Waals surface area contributed by atoms with Crippen LogP contribution in [0.15, 0.2) is 41.8 Å². The van der Waals surface area contributed by atoms with Gasteiger partial charge in [-0.05, 0) is 24.3 Å². The lowest BCUT2D eigenvalue weighted by molar-refractivity contribution is 0.0515. The Morgan fingerprint density at radius 2 is 1.75 bits per heavy atom. The number of carbonyl (C=O) groups is 1. The molecule has 8 nitrogen and oxygen atoms in total. The number of oxime groups is 1. The van der Waals surface area contributed by atoms with Crippen LogP contribution in [-0.4, -0.2) is 38.1 Å². The number of methoxy groups -OCH3 is 3. The van der Waals surface area contributed by atoms with Crippen LogP contribution in [-0.2, 0) is 4.84 Å². The van der Waals surface area contributed by atoms with Crippen molar-refractivity contribution in [2.45, 2.75) is 0 Å². The summed E-state index contributed by atoms with van der Waals surface area (Å²) in [7, 11) is 4.37. The average Bonchev–Trinajstić information content (AvgIpc) is 2.65. The summed E-state index contributed by atoms with van der Waals surface area (Å²) in [6.07, 6.45) is 3.10. The largest absolute Gasteiger partial charge is 0.493 e. The Balaban J connectivity index is 2.24. The molecule has 1 heterocycles. The molecule has 0 bridgehead atoms. The van der Waals surface area contributed by atoms with Crippen LogP contribution in [0.3, 0.4) is 0 Å². The van der Waals surface area contributed by atoms with Crippen LogP contribution < -0.4 is 19.9 Å². The Kier molecular flexibility index (Phi) is 5.56. The van der Waals surface area contributed by atoms with Gasteiger partial charge in [0, 0.05) is 18.0 Å². The summed E-state index contributed by atoms with van der Waals surface area (Å²) in [6.45, 7) is 0. The highest BCUT2D eigenvalue weighted by Crippen LogP contribution is 2.38. The van der Waals surface area contributed by atoms with Crippen molar-refractivity contribution in [2.24, 2.45) is 10.9 Å². The van der Waals surface area contributed by atoms with Crippen LogP contribution >= 0.6 is 0 Å². The van der Waals surface area contributed by atoms with E-state index >= 15 is 0 Å². The summed E-state index contributed by atoms with van der Waals surface area (Å²) in [6, 6.07) is 6.30. The zero-order valence-corrected chi connectivity index (χ0v) is 13.5. The highest BCUT2D eigenvalue weighted by molar-refractivity contribution is 5.98. The number of aromatic nitrogens is 1. The number of rotatable bonds is 6. The predicted octanol–water partition coefficient (Wildman–Crippen LogP) is 1.58. The number of benzene rings is 1. The first-order valence-electron chi connectivity index (χ1n) is 6.86. The molecule has 8 heteroatoms. The lowest BCUT2D eigenvalue weighted by Gasteiger charge is -2.13. The van der Waals surface area contributed by atoms with Crippen molar-refractivity contribution in [3.63, 3.8) is 0 Å². The fourth-order valence-electron chi connectivity index (χ4n) is 1.91. The van der Waals surface area contributed by atoms with Gasteiger partial charge in [-0.15, -0.1) is 0 Å². The van der Waals surface area contributed by atoms with Gasteiger partial charge in [-0.1, -0.05) is 5.16 Å². The smallest absolute Gasteiger partial charge is 0.366 e. The van der Waals surface area contributed by atoms with E-state index in [1.54, 1.807) is 18.3 Å². The standard InChI is InChI=1S/C16H17N3O5/c1-21-12-7-11(8-13(22-2)14(12)23-3)16(20)24-19-15(17)10-5-4-6-18-9-10/h4-9H,1-3H3,(H2,17,19). The highest BCUT2D eigenvalue weighted by Gasteiger charge is 2.18. The molecule has 0 saturated carbocycles. The third-order valence-electron chi connectivity index (χ3n) is 3.08. The molecule has 0 spiro atoms. The lowest BCUT2D eigenvalue weighted by atomic mass is 10.2. The summed E-state index contributed by atoms with van der Waals surface area (Å²) >= 11 is 0. The molecule has 24 heavy (non-hydrogen) atoms. The molecule has 2 N–H and O–H groups in total. The minimum atomic E-state index is -0.721. The van der Waals surface area contributed by atoms with Crippen LogP contribution in [0.25, 0.3) is 0 Å². The van der Waals surface area contributed by atoms with E-state index in [0.717, 1.165) is 0 Å². The number of carbonyl (C=O) groups excluding carboxylic acids is 1. The molecule has 1 aromatic heterocycles. The minimum absolute atomic E-state index is 0.0314. The van der Waals surface area contributed by atoms with Crippen molar-refractivity contribution in [3.05, 3.63) is 47.8 Å². The summed E-state index contributed by atoms with van der Waals surface area (Å²) in [4.78, 5) is 20.9. The van der Waals surface area contributed by atoms with Gasteiger partial charge in [0.25, 0.3) is 0 Å². The summed E-state index contributed by atoms with van der Waals surface area (Å²) in [5.74, 6) is 0.334. The molecule has 0 aliphatic carbocycles. The fraction of sp³-hybridized carbons (Fsp3) is 0.188. The van der Waals surface area contributed by atoms with E-state index in [9.17, 15) is 4.79 Å². The van der Waals surface area contributed by atoms with Gasteiger partial charge in [0.1, 0.15) is 0 Å². The molecule has 0 unspecified atom stereocenters. The number of nitrogens with two attached hydrogens (primary N) is 1. The molecule has 0 atom stereocenters. The van der Waals surface area contributed by atoms with Crippen molar-refractivity contribution in [3.8, 4) is 17.2 Å². The Labute approximate surface area is 138 Å². The Bertz CT molecular complexity index is 722. The molecule has 0 radical (unpaired) electrons. The third kappa shape index (κ3) is 3.72. The maximum Gasteiger partial charge on any atom is 0.366 e. The molecule has 2 aromatic rings. The van der Waals surface area contributed by atoms with E-state index in [-0.39, 0.29) is 11.4 Å². The van der Waals surface area contributed by atoms with E-state index in [1.165, 1.54) is 39.7 Å². The molecule has 0 aliphatic heterocycles. The second-order valence-corrected chi connectivity index (χ2v) is 4.51. The van der Waals surface area contributed by atoms with Gasteiger partial charge >= 0.3 is 5.97 Å². The Morgan fingerprint density at radius 3 is 2.25 bits per heavy atom. The van der Waals surface area contributed by atoms with Gasteiger partial charge in [-0.25, -0.2) is 4.79 Å². The normalized spacial score (nSPS) is 10.9. The van der Waals surface area contributed by atoms with Crippen LogP contribution in [0, 0.1) is 0 Å². The zero-order valence-electron chi connectivity index (χ0n) is 13.5. The quantitative estimate of drug-likeness (QED) is 0.371. The number of pyridine rings is 1. The number of amidine groups is 1. The van der Waals surface area contributed by atoms with Gasteiger partial charge in [0.05, 0.1) is 26.9 Å². The second-order valence-electron chi connectivity index (χ2n) is 4.51. The Hall–Kier alpha value is -3.29. The molecule has 0 aliphatic rings. The molecular formula is C16H17N3O5. The van der Waals surface area contributed by atoms with E-state index in [4.69, 9.17) is 24.8 Å². The predicted molar refractivity (Wildman–Crippen MR) is 86.5 cm³/mol. The van der Waals surface area contributed by atoms with Gasteiger partial charge in [-0.2, -0.15) is 0 Å². The van der Waals surface area contributed by atoms with E-state index in [2.05, 4.69) is 10.1 Å². The first-order valence-corrected chi connectivity index (χ1v) is 6.86. The minimum Gasteiger partial charge on any atom is -0.493 e. The summed E-state index contributed by atoms with van der Waals surface area (Å²) in [5.41, 5.74) is 6.45. The Morgan fingerprint density at radius 1 is 1.08 bits per heavy atom. The molecule has 0 fully saturated rings. The maximum atomic E-state index is 12.2. The zero-order chi connectivity index (χ0) is 17.5. The summed E-state index contributed by atoms with van der Waals surface area (Å²) < 4.78 is 15.6. The number of nitrogens with zero attached hydrogens (tertiary/aromatic N) is 2. The third-order valence-corrected chi connectivity index (χ3v) is 3.08. The SMILES string of the molecule is COc1cc(C(=O)O/N=C(\N)c2cccnc2)cc(OC)c1OC. The monoisotopic (exact) mass is 331 g/mol. The topological polar surface area (TPSA) is 105 Å². The molecule has 126 valence electrons. The van der Waals surface area contributed by atoms with Crippen molar-refractivity contribution in [1.82, 2.24) is 4.98 Å². The number of hydrogen-bond acceptors (Lipinski definition) is 7. The van der Waals surface area contributed by atoms with Crippen molar-refractivity contribution in [1.29, 1.82) is 0 Å². The van der Waals surface area contributed by atoms with Gasteiger partial charge in [0.15, 0.2) is 17.3 Å². The van der Waals surface area contributed by atoms with Crippen LogP contribution in [0.5, 0.6) is 17.2 Å². The summed E-state index contributed by atoms with van der Waals surface area (Å²) in [5, 5.41) is 3.62. The molecule has 1 aromatic carbocycles. The molecule has 2 rings (SSSR count). The number of hydrogen-bond donors (Lipinski definition) is 1. The highest BCUT2D eigenvalue weighted by atomic mass is 16.7. The molecule has 0 saturated heterocycles. The van der Waals surface area contributed by atoms with Crippen molar-refractivity contribution in [2.75, 3.05) is 21.3 Å². The molecule has 0 amide bonds. The van der Waals surface area contributed by atoms with Crippen molar-refractivity contribution < 1.29 is 23.8 Å². The van der Waals surface area contributed by atoms with Gasteiger partial charge in [-0.3, -0.25) is 4.98 Å². The lowest BCUT2D eigenvalue weighted by Crippen LogP contribution is -2.15. The second kappa shape index (κ2) is 7.82. The van der Waals surface area contributed by atoms with Crippen LogP contribution in [0.4, 0.5) is 0 Å². The first kappa shape index (κ1) is 17.1. The van der Waals surface area contributed by atoms with Gasteiger partial charge in [0.2, 0.25) is 5.75 Å². The van der Waals surface area contributed by atoms with Crippen molar-refractivity contribution >= 4 is 11.8 Å². The van der Waals surface area contributed by atoms with Crippen LogP contribution in [0.1, 0.15) is 15.9 Å². The maximum absolute atomic E-state index is 12.2. The van der Waals surface area contributed by atoms with Gasteiger partial charge < -0.3 is 24.8 Å². The van der Waals surface area contributed by atoms with Crippen LogP contribution in [0.2, 0.25) is 0 Å². The number of ether oxygens (including phenoxy) is 3. The average molecular weight is 331 g/mol. The molecular weight excluding hydrogens is 314 g/mol. The fourth-order valence-corrected chi connectivity index (χ4v) is 1.91. The first-order chi connectivity index (χ1) is 11.6. The van der Waals surface area contributed by atoms with E-state index in [1.807, 2.05) is 0 Å². The van der Waals surface area contributed by atoms with E-state index < -0.39 is 5.97 Å².